The van der Waals surface area contributed by atoms with Gasteiger partial charge in [-0.15, -0.1) is 10.2 Å². The third-order valence-corrected chi connectivity index (χ3v) is 5.76. The van der Waals surface area contributed by atoms with Gasteiger partial charge in [-0.05, 0) is 68.7 Å². The summed E-state index contributed by atoms with van der Waals surface area (Å²) in [5, 5.41) is 7.67. The Morgan fingerprint density at radius 1 is 1.03 bits per heavy atom. The predicted molar refractivity (Wildman–Crippen MR) is 122 cm³/mol. The van der Waals surface area contributed by atoms with Crippen molar-refractivity contribution in [1.82, 2.24) is 29.6 Å². The molecule has 9 heteroatoms. The molecule has 0 saturated carbocycles. The van der Waals surface area contributed by atoms with Crippen LogP contribution < -0.4 is 4.74 Å². The van der Waals surface area contributed by atoms with Gasteiger partial charge < -0.3 is 9.64 Å². The molecule has 1 fully saturated rings. The minimum Gasteiger partial charge on any atom is -0.439 e. The van der Waals surface area contributed by atoms with Crippen molar-refractivity contribution in [2.45, 2.75) is 32.2 Å². The molecule has 2 aromatic carbocycles. The van der Waals surface area contributed by atoms with Crippen LogP contribution in [0.1, 0.15) is 47.2 Å². The highest BCUT2D eigenvalue weighted by molar-refractivity contribution is 5.95. The first-order valence-electron chi connectivity index (χ1n) is 11.1. The molecule has 1 atom stereocenters. The third kappa shape index (κ3) is 4.63. The Morgan fingerprint density at radius 2 is 1.82 bits per heavy atom. The highest BCUT2D eigenvalue weighted by atomic mass is 19.1. The number of carbonyl (C=O) groups excluding carboxylic acids is 1. The number of benzene rings is 2. The molecule has 172 valence electrons. The lowest BCUT2D eigenvalue weighted by atomic mass is 9.99. The monoisotopic (exact) mass is 458 g/mol. The van der Waals surface area contributed by atoms with Crippen molar-refractivity contribution >= 4 is 5.91 Å². The fraction of sp³-hybridized carbons (Fsp3) is 0.240. The molecule has 0 radical (unpaired) electrons. The Hall–Kier alpha value is -4.14. The van der Waals surface area contributed by atoms with Crippen LogP contribution in [0.3, 0.4) is 0 Å². The number of hydrogen-bond donors (Lipinski definition) is 0. The molecular weight excluding hydrogens is 435 g/mol. The Balaban J connectivity index is 1.43. The van der Waals surface area contributed by atoms with Gasteiger partial charge in [0.2, 0.25) is 5.88 Å². The molecule has 1 amide bonds. The highest BCUT2D eigenvalue weighted by Crippen LogP contribution is 2.32. The van der Waals surface area contributed by atoms with E-state index < -0.39 is 0 Å². The minimum absolute atomic E-state index is 0.0780. The summed E-state index contributed by atoms with van der Waals surface area (Å²) in [4.78, 5) is 24.6. The van der Waals surface area contributed by atoms with Crippen LogP contribution in [-0.4, -0.2) is 42.1 Å². The summed E-state index contributed by atoms with van der Waals surface area (Å²) in [6.07, 6.45) is 5.84. The molecule has 2 aromatic heterocycles. The first kappa shape index (κ1) is 21.7. The van der Waals surface area contributed by atoms with Gasteiger partial charge in [-0.3, -0.25) is 9.36 Å². The maximum Gasteiger partial charge on any atom is 0.254 e. The largest absolute Gasteiger partial charge is 0.439 e. The zero-order valence-corrected chi connectivity index (χ0v) is 18.6. The van der Waals surface area contributed by atoms with Crippen molar-refractivity contribution in [3.63, 3.8) is 0 Å². The Bertz CT molecular complexity index is 1290. The van der Waals surface area contributed by atoms with Crippen LogP contribution in [0.2, 0.25) is 0 Å². The molecule has 1 unspecified atom stereocenters. The maximum absolute atomic E-state index is 13.6. The van der Waals surface area contributed by atoms with Crippen molar-refractivity contribution in [3.05, 3.63) is 90.2 Å². The fourth-order valence-electron chi connectivity index (χ4n) is 4.13. The summed E-state index contributed by atoms with van der Waals surface area (Å²) >= 11 is 0. The first-order chi connectivity index (χ1) is 16.6. The molecule has 1 aliphatic heterocycles. The average Bonchev–Trinajstić information content (AvgIpc) is 3.40. The third-order valence-electron chi connectivity index (χ3n) is 5.76. The first-order valence-corrected chi connectivity index (χ1v) is 11.1. The summed E-state index contributed by atoms with van der Waals surface area (Å²) in [5.74, 6) is 0.969. The summed E-state index contributed by atoms with van der Waals surface area (Å²) in [6.45, 7) is 2.48. The Morgan fingerprint density at radius 3 is 2.62 bits per heavy atom. The zero-order chi connectivity index (χ0) is 23.5. The topological polar surface area (TPSA) is 86.0 Å². The van der Waals surface area contributed by atoms with Gasteiger partial charge in [0.15, 0.2) is 5.82 Å². The van der Waals surface area contributed by atoms with Gasteiger partial charge >= 0.3 is 0 Å². The second kappa shape index (κ2) is 9.38. The summed E-state index contributed by atoms with van der Waals surface area (Å²) < 4.78 is 20.8. The van der Waals surface area contributed by atoms with Crippen molar-refractivity contribution in [3.8, 4) is 17.3 Å². The van der Waals surface area contributed by atoms with Crippen LogP contribution in [0.25, 0.3) is 5.69 Å². The molecule has 3 heterocycles. The molecule has 5 rings (SSSR count). The van der Waals surface area contributed by atoms with Gasteiger partial charge in [0.1, 0.15) is 24.2 Å². The van der Waals surface area contributed by atoms with Crippen molar-refractivity contribution in [2.24, 2.45) is 0 Å². The van der Waals surface area contributed by atoms with Gasteiger partial charge in [0, 0.05) is 29.6 Å². The van der Waals surface area contributed by atoms with E-state index in [1.54, 1.807) is 35.4 Å². The van der Waals surface area contributed by atoms with Gasteiger partial charge in [-0.25, -0.2) is 9.37 Å². The summed E-state index contributed by atoms with van der Waals surface area (Å²) in [6, 6.07) is 14.6. The summed E-state index contributed by atoms with van der Waals surface area (Å²) in [7, 11) is 0. The van der Waals surface area contributed by atoms with Crippen LogP contribution in [0.4, 0.5) is 4.39 Å². The smallest absolute Gasteiger partial charge is 0.254 e. The Labute approximate surface area is 196 Å². The lowest BCUT2D eigenvalue weighted by Gasteiger charge is -2.35. The predicted octanol–water partition coefficient (Wildman–Crippen LogP) is 4.66. The fourth-order valence-corrected chi connectivity index (χ4v) is 4.13. The number of piperidine rings is 1. The minimum atomic E-state index is -0.336. The van der Waals surface area contributed by atoms with E-state index in [1.807, 2.05) is 36.1 Å². The zero-order valence-electron chi connectivity index (χ0n) is 18.6. The van der Waals surface area contributed by atoms with E-state index >= 15 is 0 Å². The second-order valence-corrected chi connectivity index (χ2v) is 8.19. The van der Waals surface area contributed by atoms with Gasteiger partial charge in [-0.2, -0.15) is 4.98 Å². The van der Waals surface area contributed by atoms with Crippen molar-refractivity contribution in [2.75, 3.05) is 6.54 Å². The molecule has 0 spiro atoms. The number of ether oxygens (including phenoxy) is 1. The van der Waals surface area contributed by atoms with Crippen LogP contribution in [0.5, 0.6) is 11.6 Å². The number of halogens is 1. The van der Waals surface area contributed by atoms with Crippen LogP contribution in [-0.2, 0) is 0 Å². The number of nitrogens with zero attached hydrogens (tertiary/aromatic N) is 6. The van der Waals surface area contributed by atoms with Crippen LogP contribution in [0.15, 0.2) is 67.3 Å². The quantitative estimate of drug-likeness (QED) is 0.432. The number of rotatable bonds is 5. The molecule has 0 aliphatic carbocycles. The standard InChI is InChI=1S/C25H23FN6O2/c1-17-13-23(34-21-10-8-19(26)9-11-21)30-24(29-17)22-7-2-3-12-32(22)25(33)18-5-4-6-20(14-18)31-15-27-28-16-31/h4-6,8-11,13-16,22H,2-3,7,12H2,1H3. The second-order valence-electron chi connectivity index (χ2n) is 8.19. The van der Waals surface area contributed by atoms with E-state index in [1.165, 1.54) is 12.1 Å². The number of likely N-dealkylation sites (tertiary alicyclic amines) is 1. The van der Waals surface area contributed by atoms with Crippen molar-refractivity contribution in [1.29, 1.82) is 0 Å². The normalized spacial score (nSPS) is 15.8. The number of aryl methyl sites for hydroxylation is 1. The van der Waals surface area contributed by atoms with E-state index in [2.05, 4.69) is 20.2 Å². The van der Waals surface area contributed by atoms with Gasteiger partial charge in [0.25, 0.3) is 5.91 Å². The van der Waals surface area contributed by atoms with Crippen LogP contribution in [0, 0.1) is 12.7 Å². The van der Waals surface area contributed by atoms with E-state index in [9.17, 15) is 9.18 Å². The van der Waals surface area contributed by atoms with Gasteiger partial charge in [-0.1, -0.05) is 6.07 Å². The molecule has 8 nitrogen and oxygen atoms in total. The average molecular weight is 458 g/mol. The Kier molecular flexibility index (Phi) is 5.99. The molecule has 0 N–H and O–H groups in total. The molecule has 1 aliphatic rings. The number of amides is 1. The van der Waals surface area contributed by atoms with E-state index in [-0.39, 0.29) is 17.8 Å². The van der Waals surface area contributed by atoms with E-state index in [0.717, 1.165) is 30.6 Å². The number of aromatic nitrogens is 5. The van der Waals surface area contributed by atoms with Crippen molar-refractivity contribution < 1.29 is 13.9 Å². The van der Waals surface area contributed by atoms with E-state index in [0.29, 0.717) is 29.6 Å². The highest BCUT2D eigenvalue weighted by Gasteiger charge is 2.31. The van der Waals surface area contributed by atoms with Gasteiger partial charge in [0.05, 0.1) is 6.04 Å². The number of carbonyl (C=O) groups is 1. The maximum atomic E-state index is 13.6. The lowest BCUT2D eigenvalue weighted by molar-refractivity contribution is 0.0598. The SMILES string of the molecule is Cc1cc(Oc2ccc(F)cc2)nc(C2CCCCN2C(=O)c2cccc(-n3cnnc3)c2)n1. The van der Waals surface area contributed by atoms with Crippen LogP contribution >= 0.6 is 0 Å². The molecule has 34 heavy (non-hydrogen) atoms. The number of hydrogen-bond acceptors (Lipinski definition) is 6. The molecule has 4 aromatic rings. The summed E-state index contributed by atoms with van der Waals surface area (Å²) in [5.41, 5.74) is 2.12. The molecule has 1 saturated heterocycles. The molecular formula is C25H23FN6O2. The van der Waals surface area contributed by atoms with E-state index in [4.69, 9.17) is 4.74 Å². The molecule has 0 bridgehead atoms. The lowest BCUT2D eigenvalue weighted by Crippen LogP contribution is -2.39.